The van der Waals surface area contributed by atoms with Crippen LogP contribution in [-0.2, 0) is 4.74 Å². The molecule has 0 spiro atoms. The lowest BCUT2D eigenvalue weighted by Gasteiger charge is -2.28. The maximum absolute atomic E-state index is 12.7. The molecule has 6 nitrogen and oxygen atoms in total. The number of amides is 1. The molecular weight excluding hydrogens is 484 g/mol. The Morgan fingerprint density at radius 1 is 0.897 bits per heavy atom. The maximum Gasteiger partial charge on any atom is 0.410 e. The van der Waals surface area contributed by atoms with Crippen LogP contribution in [0.1, 0.15) is 83.0 Å². The minimum absolute atomic E-state index is 0.0236. The van der Waals surface area contributed by atoms with Gasteiger partial charge in [-0.15, -0.1) is 0 Å². The standard InChI is InChI=1S/C33H38N4O2/c1-33(2,3)39-32(38)37-18-6-9-30(37)28-19-27(20-34-28)24-12-10-22(11-13-24)23-14-16-25(17-15-23)29-21-35-31(36-29)26-7-4-5-8-26/h10-17,20-21,26,30H,4-9,18-19H2,1-3H3,(H,35,36)/t30-/m0/s1. The lowest BCUT2D eigenvalue weighted by atomic mass is 9.96. The van der Waals surface area contributed by atoms with Crippen LogP contribution in [0.5, 0.6) is 0 Å². The van der Waals surface area contributed by atoms with Gasteiger partial charge < -0.3 is 9.72 Å². The van der Waals surface area contributed by atoms with Crippen molar-refractivity contribution in [3.8, 4) is 22.4 Å². The zero-order valence-electron chi connectivity index (χ0n) is 23.2. The van der Waals surface area contributed by atoms with E-state index in [1.807, 2.05) is 38.1 Å². The summed E-state index contributed by atoms with van der Waals surface area (Å²) >= 11 is 0. The first-order valence-corrected chi connectivity index (χ1v) is 14.4. The lowest BCUT2D eigenvalue weighted by Crippen LogP contribution is -2.43. The highest BCUT2D eigenvalue weighted by molar-refractivity contribution is 6.03. The first-order chi connectivity index (χ1) is 18.8. The van der Waals surface area contributed by atoms with E-state index in [2.05, 4.69) is 58.5 Å². The van der Waals surface area contributed by atoms with Gasteiger partial charge in [0, 0.05) is 30.8 Å². The quantitative estimate of drug-likeness (QED) is 0.369. The molecule has 2 aliphatic heterocycles. The Morgan fingerprint density at radius 3 is 2.21 bits per heavy atom. The summed E-state index contributed by atoms with van der Waals surface area (Å²) in [6.07, 6.45) is 11.5. The van der Waals surface area contributed by atoms with Crippen molar-refractivity contribution in [2.75, 3.05) is 6.54 Å². The van der Waals surface area contributed by atoms with Gasteiger partial charge >= 0.3 is 6.09 Å². The number of carbonyl (C=O) groups is 1. The van der Waals surface area contributed by atoms with E-state index in [0.29, 0.717) is 5.92 Å². The molecule has 1 aromatic heterocycles. The Morgan fingerprint density at radius 2 is 1.54 bits per heavy atom. The molecule has 2 fully saturated rings. The average molecular weight is 523 g/mol. The van der Waals surface area contributed by atoms with Crippen molar-refractivity contribution in [1.29, 1.82) is 0 Å². The molecule has 0 bridgehead atoms. The van der Waals surface area contributed by atoms with Crippen LogP contribution in [-0.4, -0.2) is 44.9 Å². The van der Waals surface area contributed by atoms with E-state index >= 15 is 0 Å². The van der Waals surface area contributed by atoms with E-state index in [1.54, 1.807) is 0 Å². The van der Waals surface area contributed by atoms with Crippen LogP contribution in [0.4, 0.5) is 4.79 Å². The van der Waals surface area contributed by atoms with E-state index < -0.39 is 5.60 Å². The number of hydrogen-bond acceptors (Lipinski definition) is 4. The molecular formula is C33H38N4O2. The first-order valence-electron chi connectivity index (χ1n) is 14.4. The summed E-state index contributed by atoms with van der Waals surface area (Å²) in [5.41, 5.74) is 7.57. The van der Waals surface area contributed by atoms with Crippen LogP contribution in [0.15, 0.2) is 65.9 Å². The van der Waals surface area contributed by atoms with Crippen molar-refractivity contribution in [2.45, 2.75) is 83.3 Å². The number of aliphatic imine (C=N–C) groups is 1. The maximum atomic E-state index is 12.7. The predicted octanol–water partition coefficient (Wildman–Crippen LogP) is 7.99. The molecule has 6 rings (SSSR count). The zero-order chi connectivity index (χ0) is 27.0. The summed E-state index contributed by atoms with van der Waals surface area (Å²) in [4.78, 5) is 27.6. The van der Waals surface area contributed by atoms with Gasteiger partial charge in [0.2, 0.25) is 0 Å². The molecule has 1 aliphatic carbocycles. The molecule has 1 amide bonds. The van der Waals surface area contributed by atoms with Crippen LogP contribution in [0.2, 0.25) is 0 Å². The van der Waals surface area contributed by atoms with Crippen molar-refractivity contribution < 1.29 is 9.53 Å². The summed E-state index contributed by atoms with van der Waals surface area (Å²) in [5, 5.41) is 0. The normalized spacial score (nSPS) is 19.9. The highest BCUT2D eigenvalue weighted by Crippen LogP contribution is 2.34. The lowest BCUT2D eigenvalue weighted by molar-refractivity contribution is 0.0265. The topological polar surface area (TPSA) is 70.6 Å². The Balaban J connectivity index is 1.09. The minimum atomic E-state index is -0.495. The number of ether oxygens (including phenoxy) is 1. The van der Waals surface area contributed by atoms with Crippen LogP contribution < -0.4 is 0 Å². The third-order valence-electron chi connectivity index (χ3n) is 8.15. The van der Waals surface area contributed by atoms with Crippen LogP contribution in [0.3, 0.4) is 0 Å². The van der Waals surface area contributed by atoms with Gasteiger partial charge in [0.1, 0.15) is 11.4 Å². The molecule has 3 heterocycles. The van der Waals surface area contributed by atoms with Crippen molar-refractivity contribution in [3.63, 3.8) is 0 Å². The molecule has 2 aromatic carbocycles. The zero-order valence-corrected chi connectivity index (χ0v) is 23.2. The first kappa shape index (κ1) is 25.6. The summed E-state index contributed by atoms with van der Waals surface area (Å²) in [6, 6.07) is 17.5. The van der Waals surface area contributed by atoms with Gasteiger partial charge in [0.25, 0.3) is 0 Å². The molecule has 0 radical (unpaired) electrons. The van der Waals surface area contributed by atoms with Gasteiger partial charge in [-0.1, -0.05) is 61.4 Å². The van der Waals surface area contributed by atoms with Gasteiger partial charge in [-0.2, -0.15) is 0 Å². The highest BCUT2D eigenvalue weighted by Gasteiger charge is 2.36. The van der Waals surface area contributed by atoms with Crippen molar-refractivity contribution >= 4 is 17.4 Å². The number of nitrogens with one attached hydrogen (secondary N) is 1. The van der Waals surface area contributed by atoms with E-state index in [1.165, 1.54) is 53.5 Å². The largest absolute Gasteiger partial charge is 0.444 e. The number of imidazole rings is 1. The predicted molar refractivity (Wildman–Crippen MR) is 157 cm³/mol. The van der Waals surface area contributed by atoms with E-state index in [-0.39, 0.29) is 12.1 Å². The van der Waals surface area contributed by atoms with E-state index in [0.717, 1.165) is 43.0 Å². The average Bonchev–Trinajstić information content (AvgIpc) is 3.74. The molecule has 39 heavy (non-hydrogen) atoms. The third kappa shape index (κ3) is 5.56. The van der Waals surface area contributed by atoms with E-state index in [4.69, 9.17) is 9.73 Å². The minimum Gasteiger partial charge on any atom is -0.444 e. The Hall–Kier alpha value is -3.67. The molecule has 0 unspecified atom stereocenters. The second-order valence-corrected chi connectivity index (χ2v) is 12.1. The molecule has 6 heteroatoms. The van der Waals surface area contributed by atoms with Gasteiger partial charge in [-0.05, 0) is 74.3 Å². The molecule has 1 N–H and O–H groups in total. The van der Waals surface area contributed by atoms with Crippen molar-refractivity contribution in [3.05, 3.63) is 72.3 Å². The summed E-state index contributed by atoms with van der Waals surface area (Å²) in [7, 11) is 0. The number of nitrogens with zero attached hydrogens (tertiary/aromatic N) is 3. The van der Waals surface area contributed by atoms with Gasteiger partial charge in [-0.3, -0.25) is 9.89 Å². The van der Waals surface area contributed by atoms with Gasteiger partial charge in [-0.25, -0.2) is 9.78 Å². The highest BCUT2D eigenvalue weighted by atomic mass is 16.6. The third-order valence-corrected chi connectivity index (χ3v) is 8.15. The summed E-state index contributed by atoms with van der Waals surface area (Å²) in [5.74, 6) is 1.73. The van der Waals surface area contributed by atoms with Gasteiger partial charge in [0.15, 0.2) is 0 Å². The van der Waals surface area contributed by atoms with Crippen LogP contribution in [0.25, 0.3) is 28.0 Å². The number of likely N-dealkylation sites (tertiary alicyclic amines) is 1. The van der Waals surface area contributed by atoms with Crippen molar-refractivity contribution in [2.24, 2.45) is 4.99 Å². The van der Waals surface area contributed by atoms with Crippen LogP contribution in [0, 0.1) is 0 Å². The SMILES string of the molecule is CC(C)(C)OC(=O)N1CCC[C@H]1C1=NC=C(c2ccc(-c3ccc(-c4cnc(C5CCCC5)[nH]4)cc3)cc2)C1. The number of H-pyrrole nitrogens is 1. The second-order valence-electron chi connectivity index (χ2n) is 12.1. The number of aromatic amines is 1. The number of rotatable bonds is 5. The number of allylic oxidation sites excluding steroid dienone is 1. The Labute approximate surface area is 231 Å². The fourth-order valence-corrected chi connectivity index (χ4v) is 6.09. The molecule has 1 atom stereocenters. The summed E-state index contributed by atoms with van der Waals surface area (Å²) in [6.45, 7) is 6.45. The van der Waals surface area contributed by atoms with E-state index in [9.17, 15) is 4.79 Å². The molecule has 202 valence electrons. The Kier molecular flexibility index (Phi) is 6.88. The molecule has 3 aliphatic rings. The number of benzene rings is 2. The molecule has 1 saturated heterocycles. The molecule has 3 aromatic rings. The summed E-state index contributed by atoms with van der Waals surface area (Å²) < 4.78 is 5.64. The van der Waals surface area contributed by atoms with Crippen LogP contribution >= 0.6 is 0 Å². The Bertz CT molecular complexity index is 1390. The number of carbonyl (C=O) groups excluding carboxylic acids is 1. The van der Waals surface area contributed by atoms with Crippen molar-refractivity contribution in [1.82, 2.24) is 14.9 Å². The second kappa shape index (κ2) is 10.5. The number of aromatic nitrogens is 2. The smallest absolute Gasteiger partial charge is 0.410 e. The number of hydrogen-bond donors (Lipinski definition) is 1. The fourth-order valence-electron chi connectivity index (χ4n) is 6.09. The van der Waals surface area contributed by atoms with Gasteiger partial charge in [0.05, 0.1) is 17.9 Å². The monoisotopic (exact) mass is 522 g/mol. The fraction of sp³-hybridized carbons (Fsp3) is 0.424. The molecule has 1 saturated carbocycles.